The maximum absolute atomic E-state index is 14.2. The van der Waals surface area contributed by atoms with E-state index in [0.717, 1.165) is 11.3 Å². The number of rotatable bonds is 4. The van der Waals surface area contributed by atoms with E-state index in [1.807, 2.05) is 16.3 Å². The fourth-order valence-electron chi connectivity index (χ4n) is 3.52. The van der Waals surface area contributed by atoms with Crippen LogP contribution in [0.1, 0.15) is 20.8 Å². The van der Waals surface area contributed by atoms with Gasteiger partial charge in [0.05, 0.1) is 5.69 Å². The monoisotopic (exact) mass is 476 g/mol. The highest BCUT2D eigenvalue weighted by molar-refractivity contribution is 8.13. The highest BCUT2D eigenvalue weighted by atomic mass is 35.5. The second kappa shape index (κ2) is 8.14. The summed E-state index contributed by atoms with van der Waals surface area (Å²) in [5.41, 5.74) is 4.98. The summed E-state index contributed by atoms with van der Waals surface area (Å²) in [5.74, 6) is -0.530. The number of benzene rings is 2. The Labute approximate surface area is 190 Å². The van der Waals surface area contributed by atoms with E-state index in [1.165, 1.54) is 41.3 Å². The Morgan fingerprint density at radius 2 is 1.97 bits per heavy atom. The molecule has 1 amide bonds. The van der Waals surface area contributed by atoms with Crippen molar-refractivity contribution in [2.24, 2.45) is 5.10 Å². The second-order valence-electron chi connectivity index (χ2n) is 6.95. The summed E-state index contributed by atoms with van der Waals surface area (Å²) in [6.45, 7) is 0.289. The zero-order chi connectivity index (χ0) is 21.5. The minimum atomic E-state index is -0.529. The Balaban J connectivity index is 1.42. The molecule has 31 heavy (non-hydrogen) atoms. The molecule has 1 atom stereocenters. The normalized spacial score (nSPS) is 17.3. The molecule has 158 valence electrons. The largest absolute Gasteiger partial charge is 0.294 e. The third-order valence-electron chi connectivity index (χ3n) is 5.05. The highest BCUT2D eigenvalue weighted by Gasteiger charge is 2.43. The van der Waals surface area contributed by atoms with Gasteiger partial charge in [0.25, 0.3) is 5.91 Å². The number of nitrogens with one attached hydrogen (secondary N) is 1. The molecule has 0 aliphatic carbocycles. The summed E-state index contributed by atoms with van der Waals surface area (Å²) < 4.78 is 27.5. The van der Waals surface area contributed by atoms with Crippen LogP contribution in [0.3, 0.4) is 0 Å². The van der Waals surface area contributed by atoms with Crippen molar-refractivity contribution >= 4 is 51.5 Å². The zero-order valence-corrected chi connectivity index (χ0v) is 18.3. The lowest BCUT2D eigenvalue weighted by Gasteiger charge is -2.39. The lowest BCUT2D eigenvalue weighted by Crippen LogP contribution is -2.57. The van der Waals surface area contributed by atoms with Crippen molar-refractivity contribution in [2.45, 2.75) is 18.6 Å². The van der Waals surface area contributed by atoms with E-state index >= 15 is 0 Å². The van der Waals surface area contributed by atoms with Crippen LogP contribution in [0.4, 0.5) is 14.5 Å². The number of halogens is 3. The molecule has 2 aliphatic heterocycles. The van der Waals surface area contributed by atoms with Gasteiger partial charge in [-0.2, -0.15) is 5.10 Å². The van der Waals surface area contributed by atoms with Crippen LogP contribution in [0, 0.1) is 11.6 Å². The van der Waals surface area contributed by atoms with Crippen LogP contribution >= 0.6 is 34.7 Å². The van der Waals surface area contributed by atoms with Crippen molar-refractivity contribution < 1.29 is 13.6 Å². The second-order valence-corrected chi connectivity index (χ2v) is 9.22. The molecule has 0 radical (unpaired) electrons. The standard InChI is InChI=1S/C21H15ClF2N4OS2/c22-15-2-1-3-16(24)14(15)11-31-21-26-25-20-27(10-12-4-6-13(23)7-5-12)19(29)18-17(28(20)21)8-9-30-18/h1-9,20,25H,10-11H2. The van der Waals surface area contributed by atoms with Gasteiger partial charge in [-0.3, -0.25) is 20.0 Å². The van der Waals surface area contributed by atoms with Crippen molar-refractivity contribution in [3.8, 4) is 0 Å². The van der Waals surface area contributed by atoms with Crippen molar-refractivity contribution in [1.82, 2.24) is 10.3 Å². The first kappa shape index (κ1) is 20.3. The van der Waals surface area contributed by atoms with Crippen molar-refractivity contribution in [2.75, 3.05) is 4.90 Å². The van der Waals surface area contributed by atoms with E-state index in [1.54, 1.807) is 29.2 Å². The third kappa shape index (κ3) is 3.66. The fraction of sp³-hybridized carbons (Fsp3) is 0.143. The number of hydrogen-bond donors (Lipinski definition) is 1. The van der Waals surface area contributed by atoms with Gasteiger partial charge >= 0.3 is 0 Å². The van der Waals surface area contributed by atoms with Gasteiger partial charge in [-0.25, -0.2) is 8.78 Å². The SMILES string of the molecule is O=C1c2sccc2N2C(SCc3c(F)cccc3Cl)=NNC2N1Cc1ccc(F)cc1. The maximum Gasteiger partial charge on any atom is 0.269 e. The lowest BCUT2D eigenvalue weighted by atomic mass is 10.1. The number of carbonyl (C=O) groups excluding carboxylic acids is 1. The Bertz CT molecular complexity index is 1160. The van der Waals surface area contributed by atoms with Gasteiger partial charge in [-0.1, -0.05) is 41.6 Å². The first-order valence-electron chi connectivity index (χ1n) is 9.34. The summed E-state index contributed by atoms with van der Waals surface area (Å²) in [6, 6.07) is 12.5. The first-order chi connectivity index (χ1) is 15.0. The molecule has 10 heteroatoms. The molecule has 5 rings (SSSR count). The Morgan fingerprint density at radius 1 is 1.16 bits per heavy atom. The third-order valence-corrected chi connectivity index (χ3v) is 7.28. The highest BCUT2D eigenvalue weighted by Crippen LogP contribution is 2.39. The summed E-state index contributed by atoms with van der Waals surface area (Å²) in [7, 11) is 0. The molecule has 0 fully saturated rings. The number of nitrogens with zero attached hydrogens (tertiary/aromatic N) is 3. The fourth-order valence-corrected chi connectivity index (χ4v) is 5.69. The number of carbonyl (C=O) groups is 1. The summed E-state index contributed by atoms with van der Waals surface area (Å²) in [5, 5.41) is 7.24. The number of hydrogen-bond acceptors (Lipinski definition) is 6. The molecule has 0 saturated heterocycles. The number of thiophene rings is 1. The maximum atomic E-state index is 14.2. The van der Waals surface area contributed by atoms with Crippen LogP contribution in [-0.2, 0) is 12.3 Å². The minimum Gasteiger partial charge on any atom is -0.294 e. The van der Waals surface area contributed by atoms with E-state index < -0.39 is 6.29 Å². The molecule has 5 nitrogen and oxygen atoms in total. The molecular formula is C21H15ClF2N4OS2. The molecule has 0 bridgehead atoms. The zero-order valence-electron chi connectivity index (χ0n) is 15.9. The van der Waals surface area contributed by atoms with Gasteiger partial charge in [-0.05, 0) is 41.3 Å². The number of hydrazone groups is 1. The molecule has 2 aromatic carbocycles. The number of amidine groups is 1. The lowest BCUT2D eigenvalue weighted by molar-refractivity contribution is 0.0629. The topological polar surface area (TPSA) is 47.9 Å². The Hall–Kier alpha value is -2.62. The minimum absolute atomic E-state index is 0.123. The molecule has 3 heterocycles. The van der Waals surface area contributed by atoms with Crippen LogP contribution in [0.2, 0.25) is 5.02 Å². The van der Waals surface area contributed by atoms with Gasteiger partial charge < -0.3 is 0 Å². The van der Waals surface area contributed by atoms with E-state index in [4.69, 9.17) is 11.6 Å². The predicted octanol–water partition coefficient (Wildman–Crippen LogP) is 5.23. The van der Waals surface area contributed by atoms with Gasteiger partial charge in [0.15, 0.2) is 5.17 Å². The molecule has 1 unspecified atom stereocenters. The van der Waals surface area contributed by atoms with Crippen LogP contribution in [-0.4, -0.2) is 22.3 Å². The average Bonchev–Trinajstić information content (AvgIpc) is 3.39. The van der Waals surface area contributed by atoms with Gasteiger partial charge in [0, 0.05) is 22.9 Å². The molecule has 3 aromatic rings. The van der Waals surface area contributed by atoms with Crippen LogP contribution in [0.15, 0.2) is 59.0 Å². The molecule has 1 aromatic heterocycles. The molecule has 2 aliphatic rings. The molecule has 0 saturated carbocycles. The number of anilines is 1. The molecular weight excluding hydrogens is 462 g/mol. The average molecular weight is 477 g/mol. The smallest absolute Gasteiger partial charge is 0.269 e. The summed E-state index contributed by atoms with van der Waals surface area (Å²) in [4.78, 5) is 17.3. The molecule has 1 N–H and O–H groups in total. The number of fused-ring (bicyclic) bond motifs is 3. The predicted molar refractivity (Wildman–Crippen MR) is 120 cm³/mol. The van der Waals surface area contributed by atoms with E-state index in [9.17, 15) is 13.6 Å². The Kier molecular flexibility index (Phi) is 5.33. The van der Waals surface area contributed by atoms with Crippen molar-refractivity contribution in [3.63, 3.8) is 0 Å². The van der Waals surface area contributed by atoms with Crippen LogP contribution in [0.5, 0.6) is 0 Å². The van der Waals surface area contributed by atoms with Gasteiger partial charge in [0.1, 0.15) is 16.5 Å². The van der Waals surface area contributed by atoms with Crippen molar-refractivity contribution in [3.05, 3.63) is 86.6 Å². The van der Waals surface area contributed by atoms with E-state index in [2.05, 4.69) is 10.5 Å². The first-order valence-corrected chi connectivity index (χ1v) is 11.6. The van der Waals surface area contributed by atoms with E-state index in [-0.39, 0.29) is 24.1 Å². The molecule has 0 spiro atoms. The van der Waals surface area contributed by atoms with Crippen molar-refractivity contribution in [1.29, 1.82) is 0 Å². The van der Waals surface area contributed by atoms with Crippen LogP contribution < -0.4 is 10.3 Å². The summed E-state index contributed by atoms with van der Waals surface area (Å²) in [6.07, 6.45) is -0.529. The van der Waals surface area contributed by atoms with E-state index in [0.29, 0.717) is 26.4 Å². The Morgan fingerprint density at radius 3 is 2.74 bits per heavy atom. The number of amides is 1. The van der Waals surface area contributed by atoms with Crippen LogP contribution in [0.25, 0.3) is 0 Å². The van der Waals surface area contributed by atoms with Gasteiger partial charge in [0.2, 0.25) is 6.29 Å². The summed E-state index contributed by atoms with van der Waals surface area (Å²) >= 11 is 8.85. The number of thioether (sulfide) groups is 1. The van der Waals surface area contributed by atoms with Gasteiger partial charge in [-0.15, -0.1) is 11.3 Å². The quantitative estimate of drug-likeness (QED) is 0.560.